The summed E-state index contributed by atoms with van der Waals surface area (Å²) < 4.78 is 38.2. The van der Waals surface area contributed by atoms with E-state index in [-0.39, 0.29) is 12.0 Å². The van der Waals surface area contributed by atoms with Crippen molar-refractivity contribution in [2.24, 2.45) is 0 Å². The maximum absolute atomic E-state index is 12.7. The molecule has 2 aliphatic heterocycles. The van der Waals surface area contributed by atoms with Crippen LogP contribution in [0.4, 0.5) is 13.2 Å². The number of aliphatic hydroxyl groups is 1. The molecule has 0 aliphatic carbocycles. The molecule has 0 spiro atoms. The topological polar surface area (TPSA) is 52.6 Å². The van der Waals surface area contributed by atoms with Gasteiger partial charge in [-0.3, -0.25) is 4.79 Å². The Bertz CT molecular complexity index is 616. The van der Waals surface area contributed by atoms with E-state index in [1.165, 1.54) is 12.1 Å². The molecule has 0 aromatic heterocycles. The fraction of sp³-hybridized carbons (Fsp3) is 0.588. The second-order valence-corrected chi connectivity index (χ2v) is 6.82. The number of hydrogen-bond acceptors (Lipinski definition) is 3. The summed E-state index contributed by atoms with van der Waals surface area (Å²) in [6.07, 6.45) is -3.17. The highest BCUT2D eigenvalue weighted by Gasteiger charge is 2.42. The number of carbonyl (C=O) groups is 1. The van der Waals surface area contributed by atoms with Crippen molar-refractivity contribution in [2.75, 3.05) is 19.6 Å². The first kappa shape index (κ1) is 17.2. The number of aliphatic hydroxyl groups excluding tert-OH is 1. The number of nitrogens with zero attached hydrogens (tertiary/aromatic N) is 1. The monoisotopic (exact) mass is 342 g/mol. The molecule has 4 nitrogen and oxygen atoms in total. The molecular weight excluding hydrogens is 321 g/mol. The molecule has 1 aromatic carbocycles. The van der Waals surface area contributed by atoms with Crippen LogP contribution in [0.5, 0.6) is 0 Å². The zero-order chi connectivity index (χ0) is 17.4. The van der Waals surface area contributed by atoms with Gasteiger partial charge in [-0.05, 0) is 37.4 Å². The molecule has 3 atom stereocenters. The SMILES string of the molecule is O=C(NC12CCCN(CC1)C2)C(O)Cc1cccc(C(F)(F)F)c1. The lowest BCUT2D eigenvalue weighted by molar-refractivity contribution is -0.137. The third kappa shape index (κ3) is 3.72. The molecule has 2 saturated heterocycles. The molecule has 3 unspecified atom stereocenters. The third-order valence-corrected chi connectivity index (χ3v) is 4.94. The summed E-state index contributed by atoms with van der Waals surface area (Å²) in [5, 5.41) is 13.0. The molecule has 2 aliphatic rings. The van der Waals surface area contributed by atoms with E-state index < -0.39 is 23.8 Å². The lowest BCUT2D eigenvalue weighted by Gasteiger charge is -2.35. The molecule has 2 N–H and O–H groups in total. The van der Waals surface area contributed by atoms with Crippen molar-refractivity contribution in [3.8, 4) is 0 Å². The van der Waals surface area contributed by atoms with E-state index in [0.717, 1.165) is 51.0 Å². The fourth-order valence-corrected chi connectivity index (χ4v) is 3.69. The first-order valence-electron chi connectivity index (χ1n) is 8.16. The van der Waals surface area contributed by atoms with Crippen LogP contribution in [0.15, 0.2) is 24.3 Å². The van der Waals surface area contributed by atoms with Gasteiger partial charge in [0.25, 0.3) is 0 Å². The van der Waals surface area contributed by atoms with E-state index in [4.69, 9.17) is 0 Å². The van der Waals surface area contributed by atoms with Crippen LogP contribution < -0.4 is 5.32 Å². The van der Waals surface area contributed by atoms with Crippen LogP contribution in [-0.2, 0) is 17.4 Å². The van der Waals surface area contributed by atoms with Crippen molar-refractivity contribution in [3.63, 3.8) is 0 Å². The Labute approximate surface area is 138 Å². The number of nitrogens with one attached hydrogen (secondary N) is 1. The molecule has 3 rings (SSSR count). The van der Waals surface area contributed by atoms with E-state index in [9.17, 15) is 23.1 Å². The largest absolute Gasteiger partial charge is 0.416 e. The standard InChI is InChI=1S/C17H21F3N2O2/c18-17(19,20)13-4-1-3-12(9-13)10-14(23)15(24)21-16-5-2-7-22(11-16)8-6-16/h1,3-4,9,14,23H,2,5-8,10-11H2,(H,21,24). The molecule has 2 heterocycles. The van der Waals surface area contributed by atoms with Gasteiger partial charge in [0.05, 0.1) is 11.1 Å². The maximum atomic E-state index is 12.7. The van der Waals surface area contributed by atoms with Crippen LogP contribution in [0.25, 0.3) is 0 Å². The average Bonchev–Trinajstić information content (AvgIpc) is 2.80. The Morgan fingerprint density at radius 3 is 2.88 bits per heavy atom. The predicted molar refractivity (Wildman–Crippen MR) is 82.3 cm³/mol. The van der Waals surface area contributed by atoms with Crippen molar-refractivity contribution in [3.05, 3.63) is 35.4 Å². The lowest BCUT2D eigenvalue weighted by atomic mass is 9.90. The van der Waals surface area contributed by atoms with Gasteiger partial charge in [0.2, 0.25) is 5.91 Å². The summed E-state index contributed by atoms with van der Waals surface area (Å²) >= 11 is 0. The Balaban J connectivity index is 1.62. The number of hydrogen-bond donors (Lipinski definition) is 2. The van der Waals surface area contributed by atoms with Gasteiger partial charge in [0.15, 0.2) is 0 Å². The van der Waals surface area contributed by atoms with Crippen molar-refractivity contribution >= 4 is 5.91 Å². The number of amides is 1. The number of fused-ring (bicyclic) bond motifs is 2. The molecule has 132 valence electrons. The molecule has 2 fully saturated rings. The van der Waals surface area contributed by atoms with Gasteiger partial charge in [0, 0.05) is 19.5 Å². The minimum Gasteiger partial charge on any atom is -0.383 e. The molecule has 0 saturated carbocycles. The molecule has 24 heavy (non-hydrogen) atoms. The van der Waals surface area contributed by atoms with E-state index in [1.807, 2.05) is 0 Å². The minimum absolute atomic E-state index is 0.129. The van der Waals surface area contributed by atoms with Crippen LogP contribution >= 0.6 is 0 Å². The molecular formula is C17H21F3N2O2. The van der Waals surface area contributed by atoms with Crippen LogP contribution in [0.2, 0.25) is 0 Å². The highest BCUT2D eigenvalue weighted by Crippen LogP contribution is 2.32. The zero-order valence-electron chi connectivity index (χ0n) is 13.3. The van der Waals surface area contributed by atoms with Gasteiger partial charge < -0.3 is 15.3 Å². The van der Waals surface area contributed by atoms with Gasteiger partial charge in [-0.25, -0.2) is 0 Å². The number of halogens is 3. The second-order valence-electron chi connectivity index (χ2n) is 6.82. The van der Waals surface area contributed by atoms with Crippen LogP contribution in [0.1, 0.15) is 30.4 Å². The highest BCUT2D eigenvalue weighted by atomic mass is 19.4. The van der Waals surface area contributed by atoms with Gasteiger partial charge in [-0.1, -0.05) is 18.2 Å². The van der Waals surface area contributed by atoms with E-state index in [2.05, 4.69) is 10.2 Å². The molecule has 1 aromatic rings. The summed E-state index contributed by atoms with van der Waals surface area (Å²) in [4.78, 5) is 14.6. The van der Waals surface area contributed by atoms with Gasteiger partial charge in [-0.2, -0.15) is 13.2 Å². The Kier molecular flexibility index (Phi) is 4.57. The third-order valence-electron chi connectivity index (χ3n) is 4.94. The van der Waals surface area contributed by atoms with Gasteiger partial charge >= 0.3 is 6.18 Å². The average molecular weight is 342 g/mol. The smallest absolute Gasteiger partial charge is 0.383 e. The van der Waals surface area contributed by atoms with Crippen LogP contribution in [0, 0.1) is 0 Å². The van der Waals surface area contributed by atoms with Crippen molar-refractivity contribution < 1.29 is 23.1 Å². The quantitative estimate of drug-likeness (QED) is 0.880. The lowest BCUT2D eigenvalue weighted by Crippen LogP contribution is -2.55. The van der Waals surface area contributed by atoms with Gasteiger partial charge in [0.1, 0.15) is 6.10 Å². The van der Waals surface area contributed by atoms with E-state index >= 15 is 0 Å². The number of benzene rings is 1. The van der Waals surface area contributed by atoms with Crippen molar-refractivity contribution in [1.82, 2.24) is 10.2 Å². The normalized spacial score (nSPS) is 27.8. The number of carbonyl (C=O) groups excluding carboxylic acids is 1. The Morgan fingerprint density at radius 1 is 1.33 bits per heavy atom. The maximum Gasteiger partial charge on any atom is 0.416 e. The number of rotatable bonds is 4. The number of piperidine rings is 1. The minimum atomic E-state index is -4.43. The fourth-order valence-electron chi connectivity index (χ4n) is 3.69. The van der Waals surface area contributed by atoms with Crippen LogP contribution in [0.3, 0.4) is 0 Å². The summed E-state index contributed by atoms with van der Waals surface area (Å²) in [5.74, 6) is -0.504. The molecule has 1 amide bonds. The molecule has 2 bridgehead atoms. The first-order chi connectivity index (χ1) is 11.3. The van der Waals surface area contributed by atoms with Gasteiger partial charge in [-0.15, -0.1) is 0 Å². The van der Waals surface area contributed by atoms with E-state index in [0.29, 0.717) is 5.56 Å². The summed E-state index contributed by atoms with van der Waals surface area (Å²) in [7, 11) is 0. The van der Waals surface area contributed by atoms with Crippen molar-refractivity contribution in [1.29, 1.82) is 0 Å². The number of alkyl halides is 3. The zero-order valence-corrected chi connectivity index (χ0v) is 13.3. The van der Waals surface area contributed by atoms with E-state index in [1.54, 1.807) is 0 Å². The summed E-state index contributed by atoms with van der Waals surface area (Å²) in [6, 6.07) is 4.73. The Morgan fingerprint density at radius 2 is 2.12 bits per heavy atom. The second kappa shape index (κ2) is 6.37. The van der Waals surface area contributed by atoms with Crippen LogP contribution in [-0.4, -0.2) is 47.2 Å². The summed E-state index contributed by atoms with van der Waals surface area (Å²) in [5.41, 5.74) is -0.768. The molecule has 0 radical (unpaired) electrons. The Hall–Kier alpha value is -1.60. The first-order valence-corrected chi connectivity index (χ1v) is 8.16. The molecule has 7 heteroatoms. The summed E-state index contributed by atoms with van der Waals surface area (Å²) in [6.45, 7) is 2.75. The highest BCUT2D eigenvalue weighted by molar-refractivity contribution is 5.81. The van der Waals surface area contributed by atoms with Crippen molar-refractivity contribution in [2.45, 2.75) is 43.5 Å². The predicted octanol–water partition coefficient (Wildman–Crippen LogP) is 1.96.